The second-order valence-electron chi connectivity index (χ2n) is 3.94. The fraction of sp³-hybridized carbons (Fsp3) is 1.00. The van der Waals surface area contributed by atoms with Gasteiger partial charge in [-0.2, -0.15) is 0 Å². The average Bonchev–Trinajstić information content (AvgIpc) is 2.16. The molecule has 80 valence electrons. The van der Waals surface area contributed by atoms with Crippen LogP contribution in [0.15, 0.2) is 0 Å². The van der Waals surface area contributed by atoms with Crippen molar-refractivity contribution in [2.24, 2.45) is 11.5 Å². The molecule has 0 fully saturated rings. The highest BCUT2D eigenvalue weighted by Gasteiger charge is 2.09. The van der Waals surface area contributed by atoms with Crippen molar-refractivity contribution in [2.45, 2.75) is 70.9 Å². The van der Waals surface area contributed by atoms with Crippen LogP contribution in [0.3, 0.4) is 0 Å². The van der Waals surface area contributed by atoms with Crippen LogP contribution in [0.2, 0.25) is 0 Å². The highest BCUT2D eigenvalue weighted by atomic mass is 14.8. The van der Waals surface area contributed by atoms with E-state index in [2.05, 4.69) is 13.8 Å². The van der Waals surface area contributed by atoms with E-state index < -0.39 is 0 Å². The summed E-state index contributed by atoms with van der Waals surface area (Å²) >= 11 is 0. The van der Waals surface area contributed by atoms with Gasteiger partial charge in [-0.1, -0.05) is 46.0 Å². The molecule has 0 saturated carbocycles. The standard InChI is InChI=1S/C11H26N2/c1-3-5-6-7-8-9-11(13)10(12)4-2/h10-11H,3-9,12-13H2,1-2H3. The third-order valence-corrected chi connectivity index (χ3v) is 2.66. The van der Waals surface area contributed by atoms with Crippen molar-refractivity contribution in [2.75, 3.05) is 0 Å². The SMILES string of the molecule is CCCCCCCC(N)C(N)CC. The molecule has 0 amide bonds. The zero-order chi connectivity index (χ0) is 10.1. The van der Waals surface area contributed by atoms with Gasteiger partial charge in [-0.15, -0.1) is 0 Å². The molecule has 2 heteroatoms. The highest BCUT2D eigenvalue weighted by molar-refractivity contribution is 4.73. The molecule has 0 aliphatic rings. The third-order valence-electron chi connectivity index (χ3n) is 2.66. The number of hydrogen-bond donors (Lipinski definition) is 2. The lowest BCUT2D eigenvalue weighted by molar-refractivity contribution is 0.458. The second kappa shape index (κ2) is 8.52. The smallest absolute Gasteiger partial charge is 0.0192 e. The van der Waals surface area contributed by atoms with E-state index >= 15 is 0 Å². The minimum absolute atomic E-state index is 0.200. The van der Waals surface area contributed by atoms with Crippen molar-refractivity contribution >= 4 is 0 Å². The zero-order valence-electron chi connectivity index (χ0n) is 9.26. The maximum Gasteiger partial charge on any atom is 0.0192 e. The number of unbranched alkanes of at least 4 members (excludes halogenated alkanes) is 4. The van der Waals surface area contributed by atoms with Crippen LogP contribution in [-0.2, 0) is 0 Å². The summed E-state index contributed by atoms with van der Waals surface area (Å²) in [6.45, 7) is 4.33. The summed E-state index contributed by atoms with van der Waals surface area (Å²) < 4.78 is 0. The van der Waals surface area contributed by atoms with Gasteiger partial charge < -0.3 is 11.5 Å². The van der Waals surface area contributed by atoms with E-state index in [9.17, 15) is 0 Å². The molecule has 2 unspecified atom stereocenters. The van der Waals surface area contributed by atoms with Gasteiger partial charge in [-0.05, 0) is 12.8 Å². The van der Waals surface area contributed by atoms with Gasteiger partial charge in [0, 0.05) is 12.1 Å². The number of nitrogens with two attached hydrogens (primary N) is 2. The first kappa shape index (κ1) is 12.9. The van der Waals surface area contributed by atoms with Crippen LogP contribution in [0, 0.1) is 0 Å². The van der Waals surface area contributed by atoms with Crippen LogP contribution in [0.25, 0.3) is 0 Å². The van der Waals surface area contributed by atoms with Crippen molar-refractivity contribution in [3.8, 4) is 0 Å². The van der Waals surface area contributed by atoms with Crippen LogP contribution >= 0.6 is 0 Å². The van der Waals surface area contributed by atoms with E-state index in [-0.39, 0.29) is 12.1 Å². The first-order valence-corrected chi connectivity index (χ1v) is 5.73. The molecular weight excluding hydrogens is 160 g/mol. The second-order valence-corrected chi connectivity index (χ2v) is 3.94. The van der Waals surface area contributed by atoms with Crippen molar-refractivity contribution in [3.63, 3.8) is 0 Å². The Morgan fingerprint density at radius 2 is 1.46 bits per heavy atom. The Hall–Kier alpha value is -0.0800. The Balaban J connectivity index is 3.21. The fourth-order valence-corrected chi connectivity index (χ4v) is 1.50. The Kier molecular flexibility index (Phi) is 8.46. The Morgan fingerprint density at radius 1 is 0.846 bits per heavy atom. The zero-order valence-corrected chi connectivity index (χ0v) is 9.26. The molecule has 0 radical (unpaired) electrons. The molecule has 0 bridgehead atoms. The highest BCUT2D eigenvalue weighted by Crippen LogP contribution is 2.08. The molecular formula is C11H26N2. The summed E-state index contributed by atoms with van der Waals surface area (Å²) in [6.07, 6.45) is 8.67. The summed E-state index contributed by atoms with van der Waals surface area (Å²) in [4.78, 5) is 0. The lowest BCUT2D eigenvalue weighted by atomic mass is 10.0. The first-order valence-electron chi connectivity index (χ1n) is 5.73. The summed E-state index contributed by atoms with van der Waals surface area (Å²) in [6, 6.07) is 0.415. The summed E-state index contributed by atoms with van der Waals surface area (Å²) in [7, 11) is 0. The van der Waals surface area contributed by atoms with Gasteiger partial charge in [0.15, 0.2) is 0 Å². The van der Waals surface area contributed by atoms with Crippen LogP contribution in [0.5, 0.6) is 0 Å². The summed E-state index contributed by atoms with van der Waals surface area (Å²) in [5.74, 6) is 0. The largest absolute Gasteiger partial charge is 0.326 e. The molecule has 0 rings (SSSR count). The predicted molar refractivity (Wildman–Crippen MR) is 59.6 cm³/mol. The van der Waals surface area contributed by atoms with Gasteiger partial charge in [-0.25, -0.2) is 0 Å². The van der Waals surface area contributed by atoms with E-state index in [0.717, 1.165) is 12.8 Å². The Morgan fingerprint density at radius 3 is 2.00 bits per heavy atom. The van der Waals surface area contributed by atoms with Crippen molar-refractivity contribution in [3.05, 3.63) is 0 Å². The number of hydrogen-bond acceptors (Lipinski definition) is 2. The lowest BCUT2D eigenvalue weighted by Gasteiger charge is -2.17. The van der Waals surface area contributed by atoms with Gasteiger partial charge in [0.05, 0.1) is 0 Å². The predicted octanol–water partition coefficient (Wildman–Crippen LogP) is 2.41. The summed E-state index contributed by atoms with van der Waals surface area (Å²) in [5.41, 5.74) is 11.7. The van der Waals surface area contributed by atoms with Crippen LogP contribution < -0.4 is 11.5 Å². The normalized spacial score (nSPS) is 15.7. The molecule has 2 nitrogen and oxygen atoms in total. The van der Waals surface area contributed by atoms with E-state index in [0.29, 0.717) is 0 Å². The van der Waals surface area contributed by atoms with Gasteiger partial charge in [0.25, 0.3) is 0 Å². The van der Waals surface area contributed by atoms with Crippen LogP contribution in [-0.4, -0.2) is 12.1 Å². The van der Waals surface area contributed by atoms with E-state index in [1.54, 1.807) is 0 Å². The maximum atomic E-state index is 5.92. The number of rotatable bonds is 8. The van der Waals surface area contributed by atoms with Gasteiger partial charge >= 0.3 is 0 Å². The third kappa shape index (κ3) is 7.03. The molecule has 4 N–H and O–H groups in total. The van der Waals surface area contributed by atoms with E-state index in [1.807, 2.05) is 0 Å². The lowest BCUT2D eigenvalue weighted by Crippen LogP contribution is -2.40. The molecule has 13 heavy (non-hydrogen) atoms. The molecule has 0 aromatic carbocycles. The quantitative estimate of drug-likeness (QED) is 0.572. The van der Waals surface area contributed by atoms with Gasteiger partial charge in [0.2, 0.25) is 0 Å². The topological polar surface area (TPSA) is 52.0 Å². The minimum atomic E-state index is 0.200. The molecule has 0 spiro atoms. The molecule has 0 aromatic heterocycles. The minimum Gasteiger partial charge on any atom is -0.326 e. The summed E-state index contributed by atoms with van der Waals surface area (Å²) in [5, 5.41) is 0. The van der Waals surface area contributed by atoms with Gasteiger partial charge in [0.1, 0.15) is 0 Å². The monoisotopic (exact) mass is 186 g/mol. The Labute approximate surface area is 83.1 Å². The van der Waals surface area contributed by atoms with Crippen molar-refractivity contribution < 1.29 is 0 Å². The average molecular weight is 186 g/mol. The van der Waals surface area contributed by atoms with Gasteiger partial charge in [-0.3, -0.25) is 0 Å². The molecule has 2 atom stereocenters. The van der Waals surface area contributed by atoms with E-state index in [4.69, 9.17) is 11.5 Å². The van der Waals surface area contributed by atoms with Crippen LogP contribution in [0.4, 0.5) is 0 Å². The van der Waals surface area contributed by atoms with Crippen LogP contribution in [0.1, 0.15) is 58.8 Å². The molecule has 0 saturated heterocycles. The molecule has 0 aliphatic carbocycles. The van der Waals surface area contributed by atoms with Crippen molar-refractivity contribution in [1.29, 1.82) is 0 Å². The molecule has 0 aliphatic heterocycles. The maximum absolute atomic E-state index is 5.92. The van der Waals surface area contributed by atoms with Crippen molar-refractivity contribution in [1.82, 2.24) is 0 Å². The van der Waals surface area contributed by atoms with E-state index in [1.165, 1.54) is 32.1 Å². The first-order chi connectivity index (χ1) is 6.22. The fourth-order valence-electron chi connectivity index (χ4n) is 1.50. The Bertz CT molecular complexity index is 104. The molecule has 0 heterocycles. The molecule has 0 aromatic rings.